The highest BCUT2D eigenvalue weighted by Gasteiger charge is 2.22. The fourth-order valence-electron chi connectivity index (χ4n) is 2.95. The maximum absolute atomic E-state index is 14.3. The van der Waals surface area contributed by atoms with Crippen LogP contribution in [0.5, 0.6) is 0 Å². The summed E-state index contributed by atoms with van der Waals surface area (Å²) in [4.78, 5) is 0. The zero-order chi connectivity index (χ0) is 16.6. The molecule has 0 aliphatic heterocycles. The molecule has 0 unspecified atom stereocenters. The standard InChI is InChI=1S/C19H16F4/c1-2-3-4-11-5-17(22)19(18(23)6-11)14-7-12-9-15(20)16(21)10-13(12)8-14/h5-7,9-10H,2-4,8H2,1H3. The van der Waals surface area contributed by atoms with E-state index >= 15 is 0 Å². The lowest BCUT2D eigenvalue weighted by Gasteiger charge is -2.09. The average Bonchev–Trinajstić information content (AvgIpc) is 2.87. The van der Waals surface area contributed by atoms with Crippen molar-refractivity contribution in [3.8, 4) is 0 Å². The second kappa shape index (κ2) is 6.19. The molecule has 0 aromatic heterocycles. The molecule has 0 saturated carbocycles. The highest BCUT2D eigenvalue weighted by molar-refractivity contribution is 5.89. The molecule has 0 radical (unpaired) electrons. The van der Waals surface area contributed by atoms with Gasteiger partial charge in [-0.2, -0.15) is 0 Å². The van der Waals surface area contributed by atoms with Crippen LogP contribution in [0.3, 0.4) is 0 Å². The number of benzene rings is 2. The Morgan fingerprint density at radius 2 is 1.52 bits per heavy atom. The Labute approximate surface area is 132 Å². The Morgan fingerprint density at radius 1 is 0.870 bits per heavy atom. The number of aryl methyl sites for hydroxylation is 1. The van der Waals surface area contributed by atoms with Gasteiger partial charge in [0.15, 0.2) is 11.6 Å². The molecule has 0 saturated heterocycles. The fourth-order valence-corrected chi connectivity index (χ4v) is 2.95. The van der Waals surface area contributed by atoms with E-state index < -0.39 is 23.3 Å². The van der Waals surface area contributed by atoms with Gasteiger partial charge in [-0.1, -0.05) is 19.4 Å². The Kier molecular flexibility index (Phi) is 4.24. The molecule has 0 nitrogen and oxygen atoms in total. The van der Waals surface area contributed by atoms with E-state index in [1.54, 1.807) is 0 Å². The second-order valence-electron chi connectivity index (χ2n) is 5.85. The Bertz CT molecular complexity index is 767. The monoisotopic (exact) mass is 320 g/mol. The van der Waals surface area contributed by atoms with Crippen LogP contribution in [0, 0.1) is 23.3 Å². The number of hydrogen-bond donors (Lipinski definition) is 0. The van der Waals surface area contributed by atoms with E-state index in [1.807, 2.05) is 6.92 Å². The van der Waals surface area contributed by atoms with Crippen LogP contribution in [-0.2, 0) is 12.8 Å². The van der Waals surface area contributed by atoms with Crippen LogP contribution in [0.25, 0.3) is 11.6 Å². The molecule has 0 spiro atoms. The minimum atomic E-state index is -0.961. The average molecular weight is 320 g/mol. The van der Waals surface area contributed by atoms with Crippen molar-refractivity contribution >= 4 is 11.6 Å². The highest BCUT2D eigenvalue weighted by Crippen LogP contribution is 2.35. The van der Waals surface area contributed by atoms with Gasteiger partial charge in [-0.25, -0.2) is 17.6 Å². The predicted octanol–water partition coefficient (Wildman–Crippen LogP) is 5.68. The largest absolute Gasteiger partial charge is 0.206 e. The highest BCUT2D eigenvalue weighted by atomic mass is 19.2. The molecule has 120 valence electrons. The number of allylic oxidation sites excluding steroid dienone is 1. The molecule has 0 atom stereocenters. The first-order chi connectivity index (χ1) is 11.0. The van der Waals surface area contributed by atoms with Crippen molar-refractivity contribution in [2.45, 2.75) is 32.6 Å². The summed E-state index contributed by atoms with van der Waals surface area (Å²) >= 11 is 0. The van der Waals surface area contributed by atoms with Gasteiger partial charge in [0.25, 0.3) is 0 Å². The van der Waals surface area contributed by atoms with Crippen LogP contribution in [0.15, 0.2) is 24.3 Å². The molecule has 0 fully saturated rings. The molecule has 3 rings (SSSR count). The van der Waals surface area contributed by atoms with Crippen molar-refractivity contribution in [3.05, 3.63) is 69.8 Å². The Morgan fingerprint density at radius 3 is 2.17 bits per heavy atom. The fraction of sp³-hybridized carbons (Fsp3) is 0.263. The molecule has 2 aromatic carbocycles. The topological polar surface area (TPSA) is 0 Å². The third-order valence-corrected chi connectivity index (χ3v) is 4.13. The summed E-state index contributed by atoms with van der Waals surface area (Å²) in [5.41, 5.74) is 1.92. The van der Waals surface area contributed by atoms with E-state index in [-0.39, 0.29) is 12.0 Å². The van der Waals surface area contributed by atoms with Crippen LogP contribution < -0.4 is 0 Å². The molecular formula is C19H16F4. The van der Waals surface area contributed by atoms with E-state index in [9.17, 15) is 17.6 Å². The Balaban J connectivity index is 1.96. The summed E-state index contributed by atoms with van der Waals surface area (Å²) < 4.78 is 55.3. The van der Waals surface area contributed by atoms with Gasteiger partial charge in [-0.3, -0.25) is 0 Å². The van der Waals surface area contributed by atoms with Crippen LogP contribution in [-0.4, -0.2) is 0 Å². The molecule has 1 aliphatic rings. The number of halogens is 4. The number of fused-ring (bicyclic) bond motifs is 1. The van der Waals surface area contributed by atoms with E-state index in [1.165, 1.54) is 18.2 Å². The van der Waals surface area contributed by atoms with Gasteiger partial charge in [0.1, 0.15) is 11.6 Å². The van der Waals surface area contributed by atoms with E-state index in [4.69, 9.17) is 0 Å². The van der Waals surface area contributed by atoms with Gasteiger partial charge in [0, 0.05) is 5.56 Å². The lowest BCUT2D eigenvalue weighted by atomic mass is 9.99. The normalized spacial score (nSPS) is 13.2. The molecule has 1 aliphatic carbocycles. The maximum atomic E-state index is 14.3. The molecule has 0 N–H and O–H groups in total. The van der Waals surface area contributed by atoms with Crippen molar-refractivity contribution in [2.75, 3.05) is 0 Å². The van der Waals surface area contributed by atoms with Crippen LogP contribution in [0.1, 0.15) is 42.0 Å². The summed E-state index contributed by atoms with van der Waals surface area (Å²) in [5.74, 6) is -3.17. The van der Waals surface area contributed by atoms with Crippen LogP contribution in [0.2, 0.25) is 0 Å². The molecule has 2 aromatic rings. The summed E-state index contributed by atoms with van der Waals surface area (Å²) in [5, 5.41) is 0. The van der Waals surface area contributed by atoms with Crippen molar-refractivity contribution in [2.24, 2.45) is 0 Å². The summed E-state index contributed by atoms with van der Waals surface area (Å²) in [6, 6.07) is 4.83. The molecule has 0 amide bonds. The minimum Gasteiger partial charge on any atom is -0.206 e. The van der Waals surface area contributed by atoms with Crippen LogP contribution in [0.4, 0.5) is 17.6 Å². The predicted molar refractivity (Wildman–Crippen MR) is 82.9 cm³/mol. The van der Waals surface area contributed by atoms with E-state index in [0.29, 0.717) is 28.7 Å². The van der Waals surface area contributed by atoms with Gasteiger partial charge in [0.2, 0.25) is 0 Å². The third kappa shape index (κ3) is 3.03. The van der Waals surface area contributed by atoms with Gasteiger partial charge in [-0.05, 0) is 65.8 Å². The summed E-state index contributed by atoms with van der Waals surface area (Å²) in [7, 11) is 0. The quantitative estimate of drug-likeness (QED) is 0.636. The lowest BCUT2D eigenvalue weighted by molar-refractivity contribution is 0.507. The van der Waals surface area contributed by atoms with Crippen molar-refractivity contribution in [1.29, 1.82) is 0 Å². The van der Waals surface area contributed by atoms with Gasteiger partial charge >= 0.3 is 0 Å². The van der Waals surface area contributed by atoms with Crippen LogP contribution >= 0.6 is 0 Å². The zero-order valence-corrected chi connectivity index (χ0v) is 12.7. The molecule has 0 heterocycles. The van der Waals surface area contributed by atoms with E-state index in [2.05, 4.69) is 0 Å². The Hall–Kier alpha value is -2.10. The minimum absolute atomic E-state index is 0.109. The number of rotatable bonds is 4. The number of hydrogen-bond acceptors (Lipinski definition) is 0. The molecular weight excluding hydrogens is 304 g/mol. The first-order valence-corrected chi connectivity index (χ1v) is 7.66. The first-order valence-electron chi connectivity index (χ1n) is 7.66. The lowest BCUT2D eigenvalue weighted by Crippen LogP contribution is -1.99. The maximum Gasteiger partial charge on any atom is 0.159 e. The smallest absolute Gasteiger partial charge is 0.159 e. The van der Waals surface area contributed by atoms with Crippen molar-refractivity contribution in [3.63, 3.8) is 0 Å². The molecule has 0 bridgehead atoms. The third-order valence-electron chi connectivity index (χ3n) is 4.13. The SMILES string of the molecule is CCCCc1cc(F)c(C2=Cc3cc(F)c(F)cc3C2)c(F)c1. The van der Waals surface area contributed by atoms with Crippen molar-refractivity contribution < 1.29 is 17.6 Å². The zero-order valence-electron chi connectivity index (χ0n) is 12.7. The second-order valence-corrected chi connectivity index (χ2v) is 5.85. The van der Waals surface area contributed by atoms with Gasteiger partial charge < -0.3 is 0 Å². The van der Waals surface area contributed by atoms with Gasteiger partial charge in [-0.15, -0.1) is 0 Å². The molecule has 4 heteroatoms. The summed E-state index contributed by atoms with van der Waals surface area (Å²) in [6.45, 7) is 2.01. The van der Waals surface area contributed by atoms with Gasteiger partial charge in [0.05, 0.1) is 0 Å². The first kappa shape index (κ1) is 15.8. The number of unbranched alkanes of at least 4 members (excludes halogenated alkanes) is 1. The summed E-state index contributed by atoms with van der Waals surface area (Å²) in [6.07, 6.45) is 4.15. The van der Waals surface area contributed by atoms with Crippen molar-refractivity contribution in [1.82, 2.24) is 0 Å². The van der Waals surface area contributed by atoms with E-state index in [0.717, 1.165) is 25.0 Å². The molecule has 23 heavy (non-hydrogen) atoms.